The van der Waals surface area contributed by atoms with Crippen molar-refractivity contribution in [2.45, 2.75) is 38.3 Å². The van der Waals surface area contributed by atoms with Crippen molar-refractivity contribution in [2.75, 3.05) is 13.2 Å². The van der Waals surface area contributed by atoms with Crippen LogP contribution in [-0.2, 0) is 9.59 Å². The normalized spacial score (nSPS) is 17.0. The average Bonchev–Trinajstić information content (AvgIpc) is 3.56. The summed E-state index contributed by atoms with van der Waals surface area (Å²) >= 11 is 5.97. The Bertz CT molecular complexity index is 927. The van der Waals surface area contributed by atoms with Crippen molar-refractivity contribution < 1.29 is 19.1 Å². The van der Waals surface area contributed by atoms with Crippen LogP contribution in [0.2, 0.25) is 5.02 Å². The van der Waals surface area contributed by atoms with Crippen molar-refractivity contribution >= 4 is 23.4 Å². The number of hydrogen-bond donors (Lipinski definition) is 2. The molecule has 0 saturated heterocycles. The fourth-order valence-corrected chi connectivity index (χ4v) is 3.89. The summed E-state index contributed by atoms with van der Waals surface area (Å²) in [6, 6.07) is 12.5. The smallest absolute Gasteiger partial charge is 0.222 e. The second kappa shape index (κ2) is 8.96. The van der Waals surface area contributed by atoms with Gasteiger partial charge in [-0.15, -0.1) is 0 Å². The molecule has 158 valence electrons. The molecule has 2 N–H and O–H groups in total. The molecule has 4 rings (SSSR count). The van der Waals surface area contributed by atoms with Gasteiger partial charge in [-0.25, -0.2) is 0 Å². The van der Waals surface area contributed by atoms with Crippen LogP contribution in [-0.4, -0.2) is 25.0 Å². The summed E-state index contributed by atoms with van der Waals surface area (Å²) < 4.78 is 11.3. The third-order valence-electron chi connectivity index (χ3n) is 5.37. The zero-order chi connectivity index (χ0) is 21.1. The van der Waals surface area contributed by atoms with Crippen LogP contribution in [0.25, 0.3) is 0 Å². The van der Waals surface area contributed by atoms with E-state index in [9.17, 15) is 9.59 Å². The molecule has 7 heteroatoms. The van der Waals surface area contributed by atoms with Crippen molar-refractivity contribution in [1.29, 1.82) is 0 Å². The summed E-state index contributed by atoms with van der Waals surface area (Å²) in [5, 5.41) is 6.65. The van der Waals surface area contributed by atoms with Crippen LogP contribution in [0.4, 0.5) is 0 Å². The predicted octanol–water partition coefficient (Wildman–Crippen LogP) is 3.95. The molecule has 1 aliphatic heterocycles. The number of carbonyl (C=O) groups is 2. The third-order valence-corrected chi connectivity index (χ3v) is 5.63. The number of amides is 2. The van der Waals surface area contributed by atoms with Crippen molar-refractivity contribution in [2.24, 2.45) is 5.92 Å². The van der Waals surface area contributed by atoms with Gasteiger partial charge in [0.05, 0.1) is 18.5 Å². The number of fused-ring (bicyclic) bond motifs is 1. The lowest BCUT2D eigenvalue weighted by molar-refractivity contribution is -0.123. The molecule has 1 fully saturated rings. The fourth-order valence-electron chi connectivity index (χ4n) is 3.77. The van der Waals surface area contributed by atoms with Gasteiger partial charge in [-0.1, -0.05) is 29.8 Å². The van der Waals surface area contributed by atoms with E-state index in [1.807, 2.05) is 30.3 Å². The number of halogens is 1. The number of hydrogen-bond acceptors (Lipinski definition) is 4. The largest absolute Gasteiger partial charge is 0.486 e. The first kappa shape index (κ1) is 20.5. The second-order valence-electron chi connectivity index (χ2n) is 7.79. The topological polar surface area (TPSA) is 76.7 Å². The highest BCUT2D eigenvalue weighted by Gasteiger charge is 2.34. The molecule has 0 radical (unpaired) electrons. The van der Waals surface area contributed by atoms with E-state index in [0.29, 0.717) is 24.2 Å². The number of nitrogens with one attached hydrogen (secondary N) is 2. The molecular formula is C23H25ClN2O4. The molecule has 2 atom stereocenters. The SMILES string of the molecule is CC(=O)NC(CC(=O)NC(c1ccc2c(c1)OCCO2)C1CC1)c1ccc(Cl)cc1. The van der Waals surface area contributed by atoms with Crippen LogP contribution < -0.4 is 20.1 Å². The van der Waals surface area contributed by atoms with E-state index in [1.165, 1.54) is 6.92 Å². The van der Waals surface area contributed by atoms with Crippen LogP contribution in [0.3, 0.4) is 0 Å². The average molecular weight is 429 g/mol. The molecule has 6 nitrogen and oxygen atoms in total. The summed E-state index contributed by atoms with van der Waals surface area (Å²) in [7, 11) is 0. The van der Waals surface area contributed by atoms with Crippen molar-refractivity contribution in [1.82, 2.24) is 10.6 Å². The molecule has 0 aromatic heterocycles. The molecule has 1 saturated carbocycles. The second-order valence-corrected chi connectivity index (χ2v) is 8.23. The van der Waals surface area contributed by atoms with Crippen molar-refractivity contribution in [3.8, 4) is 11.5 Å². The molecule has 1 heterocycles. The van der Waals surface area contributed by atoms with E-state index in [2.05, 4.69) is 10.6 Å². The Morgan fingerprint density at radius 2 is 1.67 bits per heavy atom. The summed E-state index contributed by atoms with van der Waals surface area (Å²) in [5.74, 6) is 1.56. The summed E-state index contributed by atoms with van der Waals surface area (Å²) in [5.41, 5.74) is 1.85. The van der Waals surface area contributed by atoms with Crippen LogP contribution >= 0.6 is 11.6 Å². The van der Waals surface area contributed by atoms with E-state index < -0.39 is 6.04 Å². The van der Waals surface area contributed by atoms with E-state index in [4.69, 9.17) is 21.1 Å². The Kier molecular flexibility index (Phi) is 6.13. The number of ether oxygens (including phenoxy) is 2. The first-order valence-electron chi connectivity index (χ1n) is 10.2. The molecule has 2 aliphatic rings. The van der Waals surface area contributed by atoms with Crippen molar-refractivity contribution in [3.63, 3.8) is 0 Å². The standard InChI is InChI=1S/C23H25ClN2O4/c1-14(27)25-19(15-4-7-18(24)8-5-15)13-22(28)26-23(16-2-3-16)17-6-9-20-21(12-17)30-11-10-29-20/h4-9,12,16,19,23H,2-3,10-11,13H2,1H3,(H,25,27)(H,26,28). The van der Waals surface area contributed by atoms with Crippen LogP contribution in [0, 0.1) is 5.92 Å². The Morgan fingerprint density at radius 3 is 2.33 bits per heavy atom. The van der Waals surface area contributed by atoms with Gasteiger partial charge in [0.2, 0.25) is 11.8 Å². The minimum absolute atomic E-state index is 0.0866. The van der Waals surface area contributed by atoms with E-state index in [1.54, 1.807) is 12.1 Å². The van der Waals surface area contributed by atoms with Gasteiger partial charge in [0, 0.05) is 11.9 Å². The molecular weight excluding hydrogens is 404 g/mol. The highest BCUT2D eigenvalue weighted by Crippen LogP contribution is 2.43. The maximum Gasteiger partial charge on any atom is 0.222 e. The zero-order valence-corrected chi connectivity index (χ0v) is 17.6. The minimum atomic E-state index is -0.417. The van der Waals surface area contributed by atoms with Gasteiger partial charge in [0.25, 0.3) is 0 Å². The molecule has 0 bridgehead atoms. The molecule has 2 amide bonds. The molecule has 2 aromatic rings. The maximum atomic E-state index is 12.9. The van der Waals surface area contributed by atoms with E-state index in [0.717, 1.165) is 35.5 Å². The lowest BCUT2D eigenvalue weighted by Gasteiger charge is -2.24. The van der Waals surface area contributed by atoms with Crippen molar-refractivity contribution in [3.05, 3.63) is 58.6 Å². The van der Waals surface area contributed by atoms with Gasteiger partial charge in [-0.2, -0.15) is 0 Å². The quantitative estimate of drug-likeness (QED) is 0.700. The first-order valence-corrected chi connectivity index (χ1v) is 10.6. The lowest BCUT2D eigenvalue weighted by atomic mass is 9.99. The van der Waals surface area contributed by atoms with Gasteiger partial charge >= 0.3 is 0 Å². The Balaban J connectivity index is 1.48. The summed E-state index contributed by atoms with van der Waals surface area (Å²) in [6.07, 6.45) is 2.30. The molecule has 30 heavy (non-hydrogen) atoms. The highest BCUT2D eigenvalue weighted by molar-refractivity contribution is 6.30. The van der Waals surface area contributed by atoms with Gasteiger partial charge in [0.15, 0.2) is 11.5 Å². The maximum absolute atomic E-state index is 12.9. The molecule has 1 aliphatic carbocycles. The first-order chi connectivity index (χ1) is 14.5. The molecule has 2 aromatic carbocycles. The van der Waals surface area contributed by atoms with Gasteiger partial charge in [0.1, 0.15) is 13.2 Å². The fraction of sp³-hybridized carbons (Fsp3) is 0.391. The van der Waals surface area contributed by atoms with Gasteiger partial charge in [-0.3, -0.25) is 9.59 Å². The predicted molar refractivity (Wildman–Crippen MR) is 114 cm³/mol. The van der Waals surface area contributed by atoms with Gasteiger partial charge < -0.3 is 20.1 Å². The molecule has 0 spiro atoms. The Labute approximate surface area is 180 Å². The van der Waals surface area contributed by atoms with Crippen LogP contribution in [0.1, 0.15) is 49.4 Å². The molecule has 2 unspecified atom stereocenters. The summed E-state index contributed by atoms with van der Waals surface area (Å²) in [4.78, 5) is 24.6. The highest BCUT2D eigenvalue weighted by atomic mass is 35.5. The minimum Gasteiger partial charge on any atom is -0.486 e. The van der Waals surface area contributed by atoms with Crippen LogP contribution in [0.15, 0.2) is 42.5 Å². The Hall–Kier alpha value is -2.73. The number of benzene rings is 2. The number of rotatable bonds is 7. The van der Waals surface area contributed by atoms with Gasteiger partial charge in [-0.05, 0) is 54.2 Å². The third kappa shape index (κ3) is 5.05. The summed E-state index contributed by atoms with van der Waals surface area (Å²) in [6.45, 7) is 2.52. The lowest BCUT2D eigenvalue weighted by Crippen LogP contribution is -2.35. The van der Waals surface area contributed by atoms with E-state index in [-0.39, 0.29) is 24.3 Å². The Morgan fingerprint density at radius 1 is 1.00 bits per heavy atom. The van der Waals surface area contributed by atoms with Crippen LogP contribution in [0.5, 0.6) is 11.5 Å². The number of carbonyl (C=O) groups excluding carboxylic acids is 2. The monoisotopic (exact) mass is 428 g/mol. The zero-order valence-electron chi connectivity index (χ0n) is 16.8. The van der Waals surface area contributed by atoms with E-state index >= 15 is 0 Å².